The van der Waals surface area contributed by atoms with E-state index in [0.717, 1.165) is 25.1 Å². The molecule has 0 saturated heterocycles. The Kier molecular flexibility index (Phi) is 3.90. The van der Waals surface area contributed by atoms with Crippen molar-refractivity contribution < 1.29 is 4.79 Å². The van der Waals surface area contributed by atoms with Crippen molar-refractivity contribution in [2.24, 2.45) is 0 Å². The molecule has 5 heteroatoms. The van der Waals surface area contributed by atoms with Crippen LogP contribution >= 0.6 is 0 Å². The number of anilines is 1. The van der Waals surface area contributed by atoms with E-state index in [2.05, 4.69) is 27.9 Å². The largest absolute Gasteiger partial charge is 0.371 e. The van der Waals surface area contributed by atoms with E-state index in [1.807, 2.05) is 36.0 Å². The summed E-state index contributed by atoms with van der Waals surface area (Å²) in [6.45, 7) is 2.59. The predicted octanol–water partition coefficient (Wildman–Crippen LogP) is 2.01. The Bertz CT molecular complexity index is 604. The Morgan fingerprint density at radius 1 is 1.38 bits per heavy atom. The molecule has 0 spiro atoms. The first kappa shape index (κ1) is 13.7. The van der Waals surface area contributed by atoms with Gasteiger partial charge in [0.15, 0.2) is 0 Å². The van der Waals surface area contributed by atoms with Gasteiger partial charge in [0, 0.05) is 12.2 Å². The molecule has 0 unspecified atom stereocenters. The Hall–Kier alpha value is -2.30. The lowest BCUT2D eigenvalue weighted by Crippen LogP contribution is -2.38. The van der Waals surface area contributed by atoms with Crippen LogP contribution in [0.15, 0.2) is 42.7 Å². The van der Waals surface area contributed by atoms with Gasteiger partial charge in [-0.05, 0) is 25.3 Å². The smallest absolute Gasteiger partial charge is 0.242 e. The number of hydrogen-bond acceptors (Lipinski definition) is 3. The van der Waals surface area contributed by atoms with E-state index >= 15 is 0 Å². The van der Waals surface area contributed by atoms with Gasteiger partial charge in [0.2, 0.25) is 5.91 Å². The molecule has 1 heterocycles. The van der Waals surface area contributed by atoms with Gasteiger partial charge in [-0.25, -0.2) is 0 Å². The summed E-state index contributed by atoms with van der Waals surface area (Å²) in [4.78, 5) is 11.9. The van der Waals surface area contributed by atoms with Crippen LogP contribution in [0.4, 0.5) is 5.69 Å². The number of benzene rings is 1. The quantitative estimate of drug-likeness (QED) is 0.853. The third-order valence-electron chi connectivity index (χ3n) is 3.52. The van der Waals surface area contributed by atoms with Crippen molar-refractivity contribution in [2.75, 3.05) is 5.32 Å². The van der Waals surface area contributed by atoms with E-state index in [-0.39, 0.29) is 11.9 Å². The molecule has 1 saturated carbocycles. The molecule has 3 rings (SSSR count). The van der Waals surface area contributed by atoms with Gasteiger partial charge in [-0.2, -0.15) is 5.10 Å². The van der Waals surface area contributed by atoms with Crippen molar-refractivity contribution in [1.82, 2.24) is 15.1 Å². The van der Waals surface area contributed by atoms with Crippen molar-refractivity contribution in [3.05, 3.63) is 48.3 Å². The lowest BCUT2D eigenvalue weighted by Gasteiger charge is -2.13. The summed E-state index contributed by atoms with van der Waals surface area (Å²) >= 11 is 0. The molecule has 0 bridgehead atoms. The van der Waals surface area contributed by atoms with Gasteiger partial charge in [0.05, 0.1) is 18.4 Å². The first-order valence-corrected chi connectivity index (χ1v) is 7.34. The highest BCUT2D eigenvalue weighted by Crippen LogP contribution is 2.19. The number of nitrogens with zero attached hydrogens (tertiary/aromatic N) is 2. The Morgan fingerprint density at radius 2 is 2.14 bits per heavy atom. The van der Waals surface area contributed by atoms with E-state index in [1.165, 1.54) is 5.56 Å². The average molecular weight is 284 g/mol. The highest BCUT2D eigenvalue weighted by Gasteiger charge is 2.25. The number of aromatic nitrogens is 2. The Labute approximate surface area is 124 Å². The van der Waals surface area contributed by atoms with E-state index in [9.17, 15) is 4.79 Å². The molecule has 0 radical (unpaired) electrons. The summed E-state index contributed by atoms with van der Waals surface area (Å²) in [6, 6.07) is 10.3. The predicted molar refractivity (Wildman–Crippen MR) is 82.0 cm³/mol. The molecular formula is C16H20N4O. The fraction of sp³-hybridized carbons (Fsp3) is 0.375. The summed E-state index contributed by atoms with van der Waals surface area (Å²) in [7, 11) is 0. The second kappa shape index (κ2) is 5.99. The van der Waals surface area contributed by atoms with E-state index < -0.39 is 0 Å². The molecule has 1 aliphatic carbocycles. The number of rotatable bonds is 6. The monoisotopic (exact) mass is 284 g/mol. The molecular weight excluding hydrogens is 264 g/mol. The highest BCUT2D eigenvalue weighted by molar-refractivity contribution is 5.84. The van der Waals surface area contributed by atoms with E-state index in [4.69, 9.17) is 0 Å². The maximum atomic E-state index is 11.9. The van der Waals surface area contributed by atoms with Crippen LogP contribution in [-0.4, -0.2) is 27.8 Å². The van der Waals surface area contributed by atoms with E-state index in [1.54, 1.807) is 6.20 Å². The lowest BCUT2D eigenvalue weighted by atomic mass is 10.2. The third kappa shape index (κ3) is 3.84. The van der Waals surface area contributed by atoms with Crippen LogP contribution in [0.5, 0.6) is 0 Å². The molecule has 1 aromatic carbocycles. The van der Waals surface area contributed by atoms with Crippen molar-refractivity contribution in [3.63, 3.8) is 0 Å². The number of amides is 1. The fourth-order valence-corrected chi connectivity index (χ4v) is 2.16. The highest BCUT2D eigenvalue weighted by atomic mass is 16.2. The second-order valence-corrected chi connectivity index (χ2v) is 5.56. The molecule has 1 fully saturated rings. The zero-order chi connectivity index (χ0) is 14.7. The summed E-state index contributed by atoms with van der Waals surface area (Å²) in [6.07, 6.45) is 5.89. The van der Waals surface area contributed by atoms with Gasteiger partial charge >= 0.3 is 0 Å². The maximum Gasteiger partial charge on any atom is 0.242 e. The van der Waals surface area contributed by atoms with Gasteiger partial charge in [0.1, 0.15) is 6.04 Å². The minimum Gasteiger partial charge on any atom is -0.371 e. The average Bonchev–Trinajstić information content (AvgIpc) is 3.19. The van der Waals surface area contributed by atoms with Crippen LogP contribution in [0.3, 0.4) is 0 Å². The molecule has 1 atom stereocenters. The number of nitrogens with one attached hydrogen (secondary N) is 2. The van der Waals surface area contributed by atoms with Crippen LogP contribution in [0.2, 0.25) is 0 Å². The minimum absolute atomic E-state index is 0.0494. The molecule has 1 amide bonds. The molecule has 2 N–H and O–H groups in total. The maximum absolute atomic E-state index is 11.9. The third-order valence-corrected chi connectivity index (χ3v) is 3.52. The topological polar surface area (TPSA) is 59.0 Å². The van der Waals surface area contributed by atoms with Crippen LogP contribution in [0, 0.1) is 0 Å². The summed E-state index contributed by atoms with van der Waals surface area (Å²) < 4.78 is 1.86. The molecule has 0 aliphatic heterocycles. The van der Waals surface area contributed by atoms with Gasteiger partial charge in [0.25, 0.3) is 0 Å². The van der Waals surface area contributed by atoms with Gasteiger partial charge in [-0.1, -0.05) is 30.3 Å². The van der Waals surface area contributed by atoms with Crippen LogP contribution in [0.25, 0.3) is 0 Å². The first-order chi connectivity index (χ1) is 10.2. The van der Waals surface area contributed by atoms with Crippen LogP contribution < -0.4 is 10.6 Å². The van der Waals surface area contributed by atoms with Crippen molar-refractivity contribution in [1.29, 1.82) is 0 Å². The normalized spacial score (nSPS) is 15.5. The van der Waals surface area contributed by atoms with Crippen LogP contribution in [-0.2, 0) is 11.3 Å². The minimum atomic E-state index is -0.250. The Morgan fingerprint density at radius 3 is 2.86 bits per heavy atom. The summed E-state index contributed by atoms with van der Waals surface area (Å²) in [5, 5.41) is 10.5. The molecule has 5 nitrogen and oxygen atoms in total. The number of carbonyl (C=O) groups excluding carboxylic acids is 1. The Balaban J connectivity index is 1.55. The van der Waals surface area contributed by atoms with Crippen molar-refractivity contribution >= 4 is 11.6 Å². The zero-order valence-electron chi connectivity index (χ0n) is 12.1. The molecule has 1 aliphatic rings. The van der Waals surface area contributed by atoms with Gasteiger partial charge in [-0.15, -0.1) is 0 Å². The van der Waals surface area contributed by atoms with Crippen molar-refractivity contribution in [3.8, 4) is 0 Å². The standard InChI is InChI=1S/C16H20N4O/c1-12(16(21)19-14-7-8-14)18-15-9-17-20(11-15)10-13-5-3-2-4-6-13/h2-6,9,11-12,14,18H,7-8,10H2,1H3,(H,19,21)/t12-/m0/s1. The lowest BCUT2D eigenvalue weighted by molar-refractivity contribution is -0.121. The molecule has 21 heavy (non-hydrogen) atoms. The summed E-state index contributed by atoms with van der Waals surface area (Å²) in [5.41, 5.74) is 2.07. The van der Waals surface area contributed by atoms with Crippen molar-refractivity contribution in [2.45, 2.75) is 38.4 Å². The molecule has 1 aromatic heterocycles. The number of carbonyl (C=O) groups is 1. The molecule has 2 aromatic rings. The van der Waals surface area contributed by atoms with E-state index in [0.29, 0.717) is 6.04 Å². The fourth-order valence-electron chi connectivity index (χ4n) is 2.16. The summed E-state index contributed by atoms with van der Waals surface area (Å²) in [5.74, 6) is 0.0494. The zero-order valence-corrected chi connectivity index (χ0v) is 12.1. The number of hydrogen-bond donors (Lipinski definition) is 2. The van der Waals surface area contributed by atoms with Gasteiger partial charge < -0.3 is 10.6 Å². The molecule has 110 valence electrons. The SMILES string of the molecule is C[C@H](Nc1cnn(Cc2ccccc2)c1)C(=O)NC1CC1. The van der Waals surface area contributed by atoms with Gasteiger partial charge in [-0.3, -0.25) is 9.48 Å². The first-order valence-electron chi connectivity index (χ1n) is 7.34. The van der Waals surface area contributed by atoms with Crippen LogP contribution in [0.1, 0.15) is 25.3 Å². The second-order valence-electron chi connectivity index (χ2n) is 5.56.